The first-order chi connectivity index (χ1) is 10.3. The second-order valence-electron chi connectivity index (χ2n) is 5.73. The molecule has 1 aromatic carbocycles. The molecule has 1 aliphatic carbocycles. The summed E-state index contributed by atoms with van der Waals surface area (Å²) in [4.78, 5) is -0.374. The molecule has 0 unspecified atom stereocenters. The van der Waals surface area contributed by atoms with Crippen LogP contribution in [0.5, 0.6) is 0 Å². The van der Waals surface area contributed by atoms with Crippen molar-refractivity contribution in [2.24, 2.45) is 11.7 Å². The van der Waals surface area contributed by atoms with Gasteiger partial charge in [0.2, 0.25) is 10.0 Å². The van der Waals surface area contributed by atoms with Gasteiger partial charge in [-0.1, -0.05) is 25.0 Å². The highest BCUT2D eigenvalue weighted by atomic mass is 32.2. The molecule has 0 spiro atoms. The number of sulfone groups is 1. The van der Waals surface area contributed by atoms with Crippen molar-refractivity contribution in [3.63, 3.8) is 0 Å². The molecule has 6 nitrogen and oxygen atoms in total. The van der Waals surface area contributed by atoms with Crippen molar-refractivity contribution < 1.29 is 16.8 Å². The van der Waals surface area contributed by atoms with Crippen LogP contribution in [0.1, 0.15) is 25.7 Å². The third-order valence-corrected chi connectivity index (χ3v) is 6.89. The van der Waals surface area contributed by atoms with Gasteiger partial charge in [-0.05, 0) is 37.4 Å². The van der Waals surface area contributed by atoms with Crippen molar-refractivity contribution in [3.05, 3.63) is 24.3 Å². The van der Waals surface area contributed by atoms with Crippen LogP contribution >= 0.6 is 0 Å². The molecule has 124 valence electrons. The van der Waals surface area contributed by atoms with E-state index in [4.69, 9.17) is 5.73 Å². The van der Waals surface area contributed by atoms with E-state index in [2.05, 4.69) is 4.72 Å². The van der Waals surface area contributed by atoms with Gasteiger partial charge in [0.15, 0.2) is 9.84 Å². The van der Waals surface area contributed by atoms with E-state index < -0.39 is 19.9 Å². The van der Waals surface area contributed by atoms with Crippen molar-refractivity contribution in [3.8, 4) is 0 Å². The van der Waals surface area contributed by atoms with Crippen LogP contribution in [-0.4, -0.2) is 35.7 Å². The van der Waals surface area contributed by atoms with Gasteiger partial charge < -0.3 is 5.73 Å². The summed E-state index contributed by atoms with van der Waals surface area (Å²) in [6.45, 7) is 0.418. The summed E-state index contributed by atoms with van der Waals surface area (Å²) in [6, 6.07) is 5.42. The Morgan fingerprint density at radius 2 is 1.68 bits per heavy atom. The molecule has 0 radical (unpaired) electrons. The zero-order chi connectivity index (χ0) is 16.4. The van der Waals surface area contributed by atoms with Gasteiger partial charge in [0.1, 0.15) is 4.90 Å². The second kappa shape index (κ2) is 6.66. The van der Waals surface area contributed by atoms with Crippen LogP contribution in [0.25, 0.3) is 0 Å². The van der Waals surface area contributed by atoms with E-state index in [-0.39, 0.29) is 21.8 Å². The van der Waals surface area contributed by atoms with Crippen molar-refractivity contribution in [2.75, 3.05) is 12.8 Å². The zero-order valence-electron chi connectivity index (χ0n) is 12.5. The maximum Gasteiger partial charge on any atom is 0.242 e. The van der Waals surface area contributed by atoms with Crippen LogP contribution in [0.2, 0.25) is 0 Å². The minimum absolute atomic E-state index is 0.0916. The monoisotopic (exact) mass is 346 g/mol. The predicted molar refractivity (Wildman–Crippen MR) is 84.7 cm³/mol. The third-order valence-electron chi connectivity index (χ3n) is 4.06. The molecule has 2 rings (SSSR count). The summed E-state index contributed by atoms with van der Waals surface area (Å²) < 4.78 is 51.5. The summed E-state index contributed by atoms with van der Waals surface area (Å²) in [5.74, 6) is 0.0916. The van der Waals surface area contributed by atoms with Crippen molar-refractivity contribution >= 4 is 19.9 Å². The van der Waals surface area contributed by atoms with E-state index in [1.54, 1.807) is 0 Å². The minimum Gasteiger partial charge on any atom is -0.330 e. The normalized spacial score (nSPS) is 23.4. The molecular formula is C14H22N2O4S2. The summed E-state index contributed by atoms with van der Waals surface area (Å²) in [7, 11) is -7.52. The van der Waals surface area contributed by atoms with E-state index >= 15 is 0 Å². The van der Waals surface area contributed by atoms with E-state index in [0.717, 1.165) is 31.9 Å². The van der Waals surface area contributed by atoms with E-state index in [1.807, 2.05) is 0 Å². The van der Waals surface area contributed by atoms with Gasteiger partial charge in [-0.2, -0.15) is 0 Å². The number of nitrogens with two attached hydrogens (primary N) is 1. The number of hydrogen-bond acceptors (Lipinski definition) is 5. The summed E-state index contributed by atoms with van der Waals surface area (Å²) >= 11 is 0. The average molecular weight is 346 g/mol. The van der Waals surface area contributed by atoms with Crippen LogP contribution in [-0.2, 0) is 19.9 Å². The average Bonchev–Trinajstić information content (AvgIpc) is 2.46. The fourth-order valence-electron chi connectivity index (χ4n) is 2.89. The molecule has 8 heteroatoms. The van der Waals surface area contributed by atoms with Crippen molar-refractivity contribution in [2.45, 2.75) is 41.5 Å². The Balaban J connectivity index is 2.35. The van der Waals surface area contributed by atoms with Crippen molar-refractivity contribution in [1.29, 1.82) is 0 Å². The molecule has 3 N–H and O–H groups in total. The van der Waals surface area contributed by atoms with Crippen LogP contribution in [0.4, 0.5) is 0 Å². The molecule has 0 saturated heterocycles. The molecule has 0 aliphatic heterocycles. The Hall–Kier alpha value is -0.960. The first-order valence-electron chi connectivity index (χ1n) is 7.27. The lowest BCUT2D eigenvalue weighted by Gasteiger charge is -2.31. The standard InChI is InChI=1S/C14H22N2O4S2/c1-21(17,18)13-8-4-5-9-14(13)22(19,20)16-12-7-3-2-6-11(12)10-15/h4-5,8-9,11-12,16H,2-3,6-7,10,15H2,1H3/t11-,12-/m1/s1. The molecule has 0 heterocycles. The molecule has 1 aliphatic rings. The fraction of sp³-hybridized carbons (Fsp3) is 0.571. The molecule has 22 heavy (non-hydrogen) atoms. The number of sulfonamides is 1. The van der Waals surface area contributed by atoms with Crippen LogP contribution in [0.3, 0.4) is 0 Å². The summed E-state index contributed by atoms with van der Waals surface area (Å²) in [5, 5.41) is 0. The summed E-state index contributed by atoms with van der Waals surface area (Å²) in [6.07, 6.45) is 4.60. The Morgan fingerprint density at radius 3 is 2.27 bits per heavy atom. The lowest BCUT2D eigenvalue weighted by molar-refractivity contribution is 0.296. The minimum atomic E-state index is -3.90. The summed E-state index contributed by atoms with van der Waals surface area (Å²) in [5.41, 5.74) is 5.72. The third kappa shape index (κ3) is 3.87. The Kier molecular flexibility index (Phi) is 5.26. The van der Waals surface area contributed by atoms with Crippen LogP contribution in [0, 0.1) is 5.92 Å². The quantitative estimate of drug-likeness (QED) is 0.823. The second-order valence-corrected chi connectivity index (χ2v) is 9.39. The van der Waals surface area contributed by atoms with Gasteiger partial charge in [-0.15, -0.1) is 0 Å². The molecule has 1 saturated carbocycles. The molecule has 0 amide bonds. The zero-order valence-corrected chi connectivity index (χ0v) is 14.2. The highest BCUT2D eigenvalue weighted by molar-refractivity contribution is 7.93. The number of nitrogens with one attached hydrogen (secondary N) is 1. The van der Waals surface area contributed by atoms with Crippen LogP contribution < -0.4 is 10.5 Å². The van der Waals surface area contributed by atoms with Gasteiger partial charge in [-0.25, -0.2) is 21.6 Å². The highest BCUT2D eigenvalue weighted by Crippen LogP contribution is 2.27. The Labute approximate surface area is 132 Å². The molecule has 1 aromatic rings. The maximum absolute atomic E-state index is 12.6. The number of hydrogen-bond donors (Lipinski definition) is 2. The topological polar surface area (TPSA) is 106 Å². The maximum atomic E-state index is 12.6. The molecule has 0 aromatic heterocycles. The smallest absolute Gasteiger partial charge is 0.242 e. The first-order valence-corrected chi connectivity index (χ1v) is 10.6. The SMILES string of the molecule is CS(=O)(=O)c1ccccc1S(=O)(=O)N[C@@H]1CCCC[C@@H]1CN. The number of rotatable bonds is 5. The van der Waals surface area contributed by atoms with E-state index in [1.165, 1.54) is 24.3 Å². The lowest BCUT2D eigenvalue weighted by atomic mass is 9.85. The van der Waals surface area contributed by atoms with Gasteiger partial charge in [-0.3, -0.25) is 0 Å². The predicted octanol–water partition coefficient (Wildman–Crippen LogP) is 0.886. The van der Waals surface area contributed by atoms with Crippen molar-refractivity contribution in [1.82, 2.24) is 4.72 Å². The Bertz CT molecular complexity index is 729. The van der Waals surface area contributed by atoms with E-state index in [0.29, 0.717) is 6.54 Å². The highest BCUT2D eigenvalue weighted by Gasteiger charge is 2.31. The molecule has 2 atom stereocenters. The van der Waals surface area contributed by atoms with Crippen LogP contribution in [0.15, 0.2) is 34.1 Å². The lowest BCUT2D eigenvalue weighted by Crippen LogP contribution is -2.44. The largest absolute Gasteiger partial charge is 0.330 e. The van der Waals surface area contributed by atoms with Gasteiger partial charge in [0, 0.05) is 12.3 Å². The fourth-order valence-corrected chi connectivity index (χ4v) is 5.86. The van der Waals surface area contributed by atoms with Gasteiger partial charge in [0.25, 0.3) is 0 Å². The van der Waals surface area contributed by atoms with Gasteiger partial charge >= 0.3 is 0 Å². The van der Waals surface area contributed by atoms with Gasteiger partial charge in [0.05, 0.1) is 4.90 Å². The molecule has 0 bridgehead atoms. The molecule has 1 fully saturated rings. The van der Waals surface area contributed by atoms with E-state index in [9.17, 15) is 16.8 Å². The first kappa shape index (κ1) is 17.4. The Morgan fingerprint density at radius 1 is 1.09 bits per heavy atom. The molecular weight excluding hydrogens is 324 g/mol. The number of benzene rings is 1.